The van der Waals surface area contributed by atoms with E-state index >= 15 is 0 Å². The fraction of sp³-hybridized carbons (Fsp3) is 0.300. The molecule has 2 aromatic carbocycles. The summed E-state index contributed by atoms with van der Waals surface area (Å²) in [6.07, 6.45) is 0.597. The minimum atomic E-state index is -0.195. The van der Waals surface area contributed by atoms with Gasteiger partial charge in [-0.25, -0.2) is 0 Å². The first-order valence-corrected chi connectivity index (χ1v) is 9.13. The molecule has 0 heterocycles. The van der Waals surface area contributed by atoms with Gasteiger partial charge in [0.05, 0.1) is 6.54 Å². The lowest BCUT2D eigenvalue weighted by atomic mass is 10.1. The topological polar surface area (TPSA) is 49.4 Å². The molecule has 0 aliphatic rings. The molecular weight excluding hydrogens is 371 g/mol. The number of halogens is 2. The predicted molar refractivity (Wildman–Crippen MR) is 105 cm³/mol. The van der Waals surface area contributed by atoms with Crippen LogP contribution in [0.5, 0.6) is 0 Å². The molecule has 0 aliphatic carbocycles. The molecule has 0 aliphatic heterocycles. The maximum atomic E-state index is 12.2. The molecule has 0 atom stereocenters. The molecule has 0 radical (unpaired) electrons. The van der Waals surface area contributed by atoms with Crippen molar-refractivity contribution in [2.75, 3.05) is 13.1 Å². The van der Waals surface area contributed by atoms with Crippen molar-refractivity contribution < 1.29 is 9.59 Å². The zero-order valence-electron chi connectivity index (χ0n) is 14.9. The Balaban J connectivity index is 1.87. The van der Waals surface area contributed by atoms with Gasteiger partial charge < -0.3 is 10.2 Å². The van der Waals surface area contributed by atoms with Crippen LogP contribution in [0, 0.1) is 6.92 Å². The number of nitrogens with zero attached hydrogens (tertiary/aromatic N) is 1. The number of aryl methyl sites for hydroxylation is 1. The second-order valence-corrected chi connectivity index (χ2v) is 6.98. The summed E-state index contributed by atoms with van der Waals surface area (Å²) < 4.78 is 0. The van der Waals surface area contributed by atoms with Crippen LogP contribution in [0.1, 0.15) is 23.6 Å². The fourth-order valence-electron chi connectivity index (χ4n) is 2.56. The molecule has 0 aromatic heterocycles. The molecule has 0 unspecified atom stereocenters. The molecule has 1 N–H and O–H groups in total. The molecule has 0 saturated carbocycles. The molecule has 2 rings (SSSR count). The Hall–Kier alpha value is -2.04. The lowest BCUT2D eigenvalue weighted by Crippen LogP contribution is -2.40. The summed E-state index contributed by atoms with van der Waals surface area (Å²) in [6, 6.07) is 13.1. The Morgan fingerprint density at radius 1 is 1.08 bits per heavy atom. The van der Waals surface area contributed by atoms with E-state index in [1.807, 2.05) is 37.3 Å². The van der Waals surface area contributed by atoms with Crippen molar-refractivity contribution in [3.8, 4) is 0 Å². The minimum absolute atomic E-state index is 0.0258. The summed E-state index contributed by atoms with van der Waals surface area (Å²) >= 11 is 12.0. The van der Waals surface area contributed by atoms with Crippen molar-refractivity contribution in [3.63, 3.8) is 0 Å². The Morgan fingerprint density at radius 2 is 1.81 bits per heavy atom. The van der Waals surface area contributed by atoms with E-state index in [9.17, 15) is 9.59 Å². The third-order valence-corrected chi connectivity index (χ3v) is 4.72. The van der Waals surface area contributed by atoms with Crippen LogP contribution in [0.2, 0.25) is 10.0 Å². The maximum Gasteiger partial charge on any atom is 0.239 e. The number of carbonyl (C=O) groups excluding carboxylic acids is 2. The smallest absolute Gasteiger partial charge is 0.239 e. The van der Waals surface area contributed by atoms with Gasteiger partial charge >= 0.3 is 0 Å². The second-order valence-electron chi connectivity index (χ2n) is 6.14. The molecule has 0 saturated heterocycles. The number of amides is 2. The maximum absolute atomic E-state index is 12.2. The minimum Gasteiger partial charge on any atom is -0.354 e. The number of hydrogen-bond donors (Lipinski definition) is 1. The van der Waals surface area contributed by atoms with Crippen LogP contribution < -0.4 is 5.32 Å². The van der Waals surface area contributed by atoms with E-state index in [2.05, 4.69) is 5.32 Å². The molecule has 0 spiro atoms. The summed E-state index contributed by atoms with van der Waals surface area (Å²) in [5.74, 6) is -0.331. The zero-order chi connectivity index (χ0) is 19.1. The van der Waals surface area contributed by atoms with Crippen LogP contribution in [0.15, 0.2) is 42.5 Å². The zero-order valence-corrected chi connectivity index (χ0v) is 16.4. The predicted octanol–water partition coefficient (Wildman–Crippen LogP) is 4.01. The highest BCUT2D eigenvalue weighted by Gasteiger charge is 2.15. The average molecular weight is 393 g/mol. The highest BCUT2D eigenvalue weighted by molar-refractivity contribution is 6.35. The monoisotopic (exact) mass is 392 g/mol. The van der Waals surface area contributed by atoms with E-state index in [-0.39, 0.29) is 18.4 Å². The number of benzene rings is 2. The van der Waals surface area contributed by atoms with Crippen LogP contribution in [0.25, 0.3) is 0 Å². The van der Waals surface area contributed by atoms with Crippen molar-refractivity contribution in [2.45, 2.75) is 26.8 Å². The highest BCUT2D eigenvalue weighted by atomic mass is 35.5. The SMILES string of the molecule is CC(=O)N(CC(=O)NCCc1ccc(Cl)cc1Cl)Cc1ccccc1C. The summed E-state index contributed by atoms with van der Waals surface area (Å²) in [6.45, 7) is 4.34. The van der Waals surface area contributed by atoms with E-state index in [1.165, 1.54) is 11.8 Å². The van der Waals surface area contributed by atoms with Crippen molar-refractivity contribution in [1.29, 1.82) is 0 Å². The molecule has 2 amide bonds. The lowest BCUT2D eigenvalue weighted by Gasteiger charge is -2.21. The summed E-state index contributed by atoms with van der Waals surface area (Å²) in [5.41, 5.74) is 3.04. The number of rotatable bonds is 7. The molecule has 0 fully saturated rings. The number of nitrogens with one attached hydrogen (secondary N) is 1. The summed E-state index contributed by atoms with van der Waals surface area (Å²) in [4.78, 5) is 25.6. The van der Waals surface area contributed by atoms with Gasteiger partial charge in [-0.3, -0.25) is 9.59 Å². The third-order valence-electron chi connectivity index (χ3n) is 4.13. The van der Waals surface area contributed by atoms with Gasteiger partial charge in [-0.15, -0.1) is 0 Å². The normalized spacial score (nSPS) is 10.5. The Morgan fingerprint density at radius 3 is 2.46 bits per heavy atom. The van der Waals surface area contributed by atoms with Crippen molar-refractivity contribution in [2.24, 2.45) is 0 Å². The van der Waals surface area contributed by atoms with Crippen LogP contribution >= 0.6 is 23.2 Å². The third kappa shape index (κ3) is 6.04. The van der Waals surface area contributed by atoms with E-state index in [1.54, 1.807) is 12.1 Å². The van der Waals surface area contributed by atoms with E-state index in [0.717, 1.165) is 16.7 Å². The summed E-state index contributed by atoms with van der Waals surface area (Å²) in [7, 11) is 0. The second kappa shape index (κ2) is 9.60. The van der Waals surface area contributed by atoms with E-state index < -0.39 is 0 Å². The van der Waals surface area contributed by atoms with Crippen molar-refractivity contribution in [3.05, 3.63) is 69.2 Å². The first-order chi connectivity index (χ1) is 12.4. The van der Waals surface area contributed by atoms with Crippen molar-refractivity contribution >= 4 is 35.0 Å². The average Bonchev–Trinajstić information content (AvgIpc) is 2.58. The first kappa shape index (κ1) is 20.3. The summed E-state index contributed by atoms with van der Waals surface area (Å²) in [5, 5.41) is 3.99. The molecule has 6 heteroatoms. The van der Waals surface area contributed by atoms with Crippen LogP contribution in [0.3, 0.4) is 0 Å². The van der Waals surface area contributed by atoms with Gasteiger partial charge in [0.2, 0.25) is 11.8 Å². The lowest BCUT2D eigenvalue weighted by molar-refractivity contribution is -0.134. The van der Waals surface area contributed by atoms with Gasteiger partial charge in [-0.05, 0) is 42.2 Å². The number of hydrogen-bond acceptors (Lipinski definition) is 2. The van der Waals surface area contributed by atoms with Gasteiger partial charge in [-0.2, -0.15) is 0 Å². The van der Waals surface area contributed by atoms with Gasteiger partial charge in [0, 0.05) is 30.1 Å². The number of carbonyl (C=O) groups is 2. The van der Waals surface area contributed by atoms with Gasteiger partial charge in [0.15, 0.2) is 0 Å². The van der Waals surface area contributed by atoms with Gasteiger partial charge in [-0.1, -0.05) is 53.5 Å². The molecule has 4 nitrogen and oxygen atoms in total. The van der Waals surface area contributed by atoms with Gasteiger partial charge in [0.25, 0.3) is 0 Å². The highest BCUT2D eigenvalue weighted by Crippen LogP contribution is 2.21. The van der Waals surface area contributed by atoms with Crippen LogP contribution in [0.4, 0.5) is 0 Å². The van der Waals surface area contributed by atoms with Crippen molar-refractivity contribution in [1.82, 2.24) is 10.2 Å². The van der Waals surface area contributed by atoms with Crippen LogP contribution in [-0.2, 0) is 22.6 Å². The fourth-order valence-corrected chi connectivity index (χ4v) is 3.06. The quantitative estimate of drug-likeness (QED) is 0.773. The Labute approximate surface area is 164 Å². The Bertz CT molecular complexity index is 793. The molecule has 0 bridgehead atoms. The largest absolute Gasteiger partial charge is 0.354 e. The first-order valence-electron chi connectivity index (χ1n) is 8.37. The van der Waals surface area contributed by atoms with E-state index in [4.69, 9.17) is 23.2 Å². The standard InChI is InChI=1S/C20H22Cl2N2O2/c1-14-5-3-4-6-17(14)12-24(15(2)25)13-20(26)23-10-9-16-7-8-18(21)11-19(16)22/h3-8,11H,9-10,12-13H2,1-2H3,(H,23,26). The van der Waals surface area contributed by atoms with E-state index in [0.29, 0.717) is 29.6 Å². The molecule has 2 aromatic rings. The van der Waals surface area contributed by atoms with Crippen LogP contribution in [-0.4, -0.2) is 29.8 Å². The molecule has 26 heavy (non-hydrogen) atoms. The Kier molecular flexibility index (Phi) is 7.49. The molecular formula is C20H22Cl2N2O2. The molecule has 138 valence electrons. The van der Waals surface area contributed by atoms with Gasteiger partial charge in [0.1, 0.15) is 0 Å².